The van der Waals surface area contributed by atoms with Crippen LogP contribution in [0.1, 0.15) is 37.5 Å². The Kier molecular flexibility index (Phi) is 13.2. The molecule has 0 nitrogen and oxygen atoms in total. The molecule has 0 radical (unpaired) electrons. The second-order valence-electron chi connectivity index (χ2n) is 7.79. The molecule has 30 heavy (non-hydrogen) atoms. The molecule has 1 aliphatic rings. The van der Waals surface area contributed by atoms with Crippen molar-refractivity contribution in [3.05, 3.63) is 120 Å². The van der Waals surface area contributed by atoms with Crippen LogP contribution in [0.3, 0.4) is 0 Å². The number of fused-ring (bicyclic) bond motifs is 3. The third-order valence-corrected chi connectivity index (χ3v) is 4.68. The first-order valence-electron chi connectivity index (χ1n) is 9.52. The van der Waals surface area contributed by atoms with Crippen LogP contribution >= 0.6 is 0 Å². The first-order valence-corrected chi connectivity index (χ1v) is 9.52. The van der Waals surface area contributed by atoms with Gasteiger partial charge in [0.2, 0.25) is 0 Å². The van der Waals surface area contributed by atoms with Crippen molar-refractivity contribution in [2.24, 2.45) is 0 Å². The molecule has 0 aromatic heterocycles. The summed E-state index contributed by atoms with van der Waals surface area (Å²) in [5.74, 6) is 0. The van der Waals surface area contributed by atoms with Crippen molar-refractivity contribution in [3.63, 3.8) is 0 Å². The molecule has 0 aliphatic heterocycles. The maximum Gasteiger partial charge on any atom is 2.00 e. The summed E-state index contributed by atoms with van der Waals surface area (Å²) in [5, 5.41) is 0. The average molecular weight is 514 g/mol. The molecule has 0 bridgehead atoms. The Hall–Kier alpha value is -1.40. The Labute approximate surface area is 213 Å². The molecule has 1 aliphatic carbocycles. The van der Waals surface area contributed by atoms with E-state index in [1.54, 1.807) is 0 Å². The Bertz CT molecular complexity index is 873. The smallest absolute Gasteiger partial charge is 1.00 e. The van der Waals surface area contributed by atoms with E-state index in [4.69, 9.17) is 0 Å². The molecule has 0 unspecified atom stereocenters. The second kappa shape index (κ2) is 13.8. The van der Waals surface area contributed by atoms with Crippen molar-refractivity contribution >= 4 is 0 Å². The normalized spacial score (nSPS) is 10.2. The molecule has 0 fully saturated rings. The van der Waals surface area contributed by atoms with Gasteiger partial charge in [-0.25, -0.2) is 24.3 Å². The SMILES string of the molecule is CC(C)(C)c1c[c-]c2c(c1)-c1ccccc1C2.[Cl-].[Cl-].[Zr+2].c1cc[cH-]c1.c1cc[cH-]c1. The predicted molar refractivity (Wildman–Crippen MR) is 116 cm³/mol. The van der Waals surface area contributed by atoms with Crippen LogP contribution in [0.25, 0.3) is 11.1 Å². The minimum atomic E-state index is 0. The van der Waals surface area contributed by atoms with Gasteiger partial charge in [0.05, 0.1) is 0 Å². The van der Waals surface area contributed by atoms with Gasteiger partial charge in [-0.2, -0.15) is 65.7 Å². The van der Waals surface area contributed by atoms with Gasteiger partial charge in [-0.15, -0.1) is 5.56 Å². The van der Waals surface area contributed by atoms with E-state index < -0.39 is 0 Å². The summed E-state index contributed by atoms with van der Waals surface area (Å²) in [5.41, 5.74) is 7.12. The minimum absolute atomic E-state index is 0. The fraction of sp³-hybridized carbons (Fsp3) is 0.185. The van der Waals surface area contributed by atoms with Crippen LogP contribution < -0.4 is 24.8 Å². The monoisotopic (exact) mass is 511 g/mol. The molecule has 0 heterocycles. The first kappa shape index (κ1) is 28.6. The van der Waals surface area contributed by atoms with Crippen molar-refractivity contribution < 1.29 is 51.0 Å². The summed E-state index contributed by atoms with van der Waals surface area (Å²) in [6.45, 7) is 6.76. The first-order chi connectivity index (χ1) is 13.1. The summed E-state index contributed by atoms with van der Waals surface area (Å²) < 4.78 is 0. The van der Waals surface area contributed by atoms with E-state index in [1.807, 2.05) is 60.7 Å². The number of rotatable bonds is 0. The van der Waals surface area contributed by atoms with Gasteiger partial charge in [0.15, 0.2) is 0 Å². The molecule has 5 rings (SSSR count). The van der Waals surface area contributed by atoms with E-state index in [0.29, 0.717) is 0 Å². The van der Waals surface area contributed by atoms with Crippen LogP contribution in [0, 0.1) is 6.07 Å². The Balaban J connectivity index is 0.000000540. The van der Waals surface area contributed by atoms with Crippen molar-refractivity contribution in [3.8, 4) is 11.1 Å². The molecule has 0 amide bonds. The number of hydrogen-bond donors (Lipinski definition) is 0. The molecule has 0 saturated heterocycles. The third-order valence-electron chi connectivity index (χ3n) is 4.68. The maximum absolute atomic E-state index is 3.47. The zero-order valence-corrected chi connectivity index (χ0v) is 21.7. The summed E-state index contributed by atoms with van der Waals surface area (Å²) in [7, 11) is 0. The Morgan fingerprint density at radius 3 is 1.77 bits per heavy atom. The van der Waals surface area contributed by atoms with Crippen LogP contribution in [0.2, 0.25) is 0 Å². The van der Waals surface area contributed by atoms with Gasteiger partial charge in [0.25, 0.3) is 0 Å². The molecular weight excluding hydrogens is 486 g/mol. The van der Waals surface area contributed by atoms with E-state index in [0.717, 1.165) is 6.42 Å². The maximum atomic E-state index is 3.47. The Morgan fingerprint density at radius 1 is 0.767 bits per heavy atom. The van der Waals surface area contributed by atoms with E-state index in [9.17, 15) is 0 Å². The van der Waals surface area contributed by atoms with Crippen molar-refractivity contribution in [2.75, 3.05) is 0 Å². The summed E-state index contributed by atoms with van der Waals surface area (Å²) in [6, 6.07) is 36.7. The number of hydrogen-bond acceptors (Lipinski definition) is 0. The Morgan fingerprint density at radius 2 is 1.30 bits per heavy atom. The van der Waals surface area contributed by atoms with Crippen LogP contribution in [0.4, 0.5) is 0 Å². The molecular formula is C27H27Cl2Zr-3. The van der Waals surface area contributed by atoms with Gasteiger partial charge in [-0.1, -0.05) is 61.6 Å². The minimum Gasteiger partial charge on any atom is -1.00 e. The summed E-state index contributed by atoms with van der Waals surface area (Å²) in [6.07, 6.45) is 1.04. The summed E-state index contributed by atoms with van der Waals surface area (Å²) >= 11 is 0. The fourth-order valence-corrected chi connectivity index (χ4v) is 3.12. The molecule has 0 N–H and O–H groups in total. The van der Waals surface area contributed by atoms with E-state index in [1.165, 1.54) is 27.8 Å². The molecule has 0 atom stereocenters. The molecule has 156 valence electrons. The number of halogens is 2. The molecule has 3 heteroatoms. The molecule has 0 spiro atoms. The zero-order chi connectivity index (χ0) is 19.1. The molecule has 4 aromatic carbocycles. The van der Waals surface area contributed by atoms with Gasteiger partial charge in [-0.3, -0.25) is 0 Å². The molecule has 0 saturated carbocycles. The summed E-state index contributed by atoms with van der Waals surface area (Å²) in [4.78, 5) is 0. The van der Waals surface area contributed by atoms with Crippen molar-refractivity contribution in [1.29, 1.82) is 0 Å². The van der Waals surface area contributed by atoms with Crippen LogP contribution in [-0.2, 0) is 38.0 Å². The number of benzene rings is 2. The van der Waals surface area contributed by atoms with Gasteiger partial charge >= 0.3 is 26.2 Å². The quantitative estimate of drug-likeness (QED) is 0.273. The van der Waals surface area contributed by atoms with E-state index in [-0.39, 0.29) is 56.4 Å². The van der Waals surface area contributed by atoms with Crippen LogP contribution in [-0.4, -0.2) is 0 Å². The van der Waals surface area contributed by atoms with Crippen LogP contribution in [0.15, 0.2) is 97.1 Å². The van der Waals surface area contributed by atoms with Gasteiger partial charge in [-0.05, 0) is 6.42 Å². The van der Waals surface area contributed by atoms with E-state index in [2.05, 4.69) is 63.2 Å². The fourth-order valence-electron chi connectivity index (χ4n) is 3.12. The third kappa shape index (κ3) is 8.03. The standard InChI is InChI=1S/C17H17.2C5H5.2ClH.Zr/c1-17(2,3)14-9-8-13-10-12-6-4-5-7-15(12)16(13)11-14;2*1-2-4-5-3-1;;;/h4-7,9,11H,10H2,1-3H3;2*1-5H;2*1H;/q3*-1;;;+2/p-2. The van der Waals surface area contributed by atoms with Gasteiger partial charge in [0.1, 0.15) is 0 Å². The van der Waals surface area contributed by atoms with Crippen LogP contribution in [0.5, 0.6) is 0 Å². The van der Waals surface area contributed by atoms with Crippen molar-refractivity contribution in [1.82, 2.24) is 0 Å². The average Bonchev–Trinajstić information content (AvgIpc) is 3.44. The predicted octanol–water partition coefficient (Wildman–Crippen LogP) is 1.17. The second-order valence-corrected chi connectivity index (χ2v) is 7.79. The van der Waals surface area contributed by atoms with Crippen molar-refractivity contribution in [2.45, 2.75) is 32.6 Å². The van der Waals surface area contributed by atoms with Gasteiger partial charge in [0, 0.05) is 0 Å². The topological polar surface area (TPSA) is 0 Å². The van der Waals surface area contributed by atoms with E-state index >= 15 is 0 Å². The molecule has 4 aromatic rings. The zero-order valence-electron chi connectivity index (χ0n) is 17.7. The largest absolute Gasteiger partial charge is 2.00 e. The van der Waals surface area contributed by atoms with Gasteiger partial charge < -0.3 is 24.8 Å².